The molecule has 0 radical (unpaired) electrons. The lowest BCUT2D eigenvalue weighted by atomic mass is 9.83. The van der Waals surface area contributed by atoms with Gasteiger partial charge >= 0.3 is 0 Å². The first-order valence-electron chi connectivity index (χ1n) is 10.2. The fourth-order valence-electron chi connectivity index (χ4n) is 3.44. The Morgan fingerprint density at radius 1 is 1.16 bits per heavy atom. The summed E-state index contributed by atoms with van der Waals surface area (Å²) in [5, 5.41) is 21.2. The number of alkyl halides is 2. The SMILES string of the molecule is CC(=O)[C@@H](NC(=O)c1ccc(C#CC#CC2CCC(CO)CC2)cc1)[C@](C)(O)C(F)F. The van der Waals surface area contributed by atoms with Crippen LogP contribution in [0.2, 0.25) is 0 Å². The maximum atomic E-state index is 13.0. The molecule has 0 heterocycles. The Morgan fingerprint density at radius 3 is 2.29 bits per heavy atom. The summed E-state index contributed by atoms with van der Waals surface area (Å²) in [6.07, 6.45) is 0.672. The molecule has 1 aliphatic rings. The Morgan fingerprint density at radius 2 is 1.77 bits per heavy atom. The van der Waals surface area contributed by atoms with Crippen molar-refractivity contribution in [1.29, 1.82) is 0 Å². The predicted molar refractivity (Wildman–Crippen MR) is 112 cm³/mol. The lowest BCUT2D eigenvalue weighted by molar-refractivity contribution is -0.138. The van der Waals surface area contributed by atoms with Gasteiger partial charge in [0.25, 0.3) is 12.3 Å². The molecule has 2 atom stereocenters. The van der Waals surface area contributed by atoms with Crippen LogP contribution in [0.3, 0.4) is 0 Å². The molecule has 1 aromatic carbocycles. The van der Waals surface area contributed by atoms with Crippen molar-refractivity contribution in [3.05, 3.63) is 35.4 Å². The maximum absolute atomic E-state index is 13.0. The summed E-state index contributed by atoms with van der Waals surface area (Å²) in [7, 11) is 0. The van der Waals surface area contributed by atoms with Gasteiger partial charge in [-0.25, -0.2) is 8.78 Å². The van der Waals surface area contributed by atoms with Crippen LogP contribution in [-0.2, 0) is 4.79 Å². The Hall–Kier alpha value is -2.74. The normalized spacial score (nSPS) is 21.0. The van der Waals surface area contributed by atoms with Gasteiger partial charge in [0, 0.05) is 23.7 Å². The van der Waals surface area contributed by atoms with Crippen LogP contribution in [-0.4, -0.2) is 46.6 Å². The molecule has 3 N–H and O–H groups in total. The van der Waals surface area contributed by atoms with Gasteiger partial charge in [0.1, 0.15) is 11.6 Å². The van der Waals surface area contributed by atoms with Gasteiger partial charge in [0.2, 0.25) is 0 Å². The number of carbonyl (C=O) groups is 2. The average Bonchev–Trinajstić information content (AvgIpc) is 2.75. The molecular weight excluding hydrogens is 404 g/mol. The minimum Gasteiger partial charge on any atom is -0.396 e. The number of aliphatic hydroxyl groups is 2. The fraction of sp³-hybridized carbons (Fsp3) is 0.500. The van der Waals surface area contributed by atoms with E-state index >= 15 is 0 Å². The van der Waals surface area contributed by atoms with Gasteiger partial charge in [-0.3, -0.25) is 9.59 Å². The lowest BCUT2D eigenvalue weighted by Crippen LogP contribution is -2.58. The maximum Gasteiger partial charge on any atom is 0.269 e. The first-order chi connectivity index (χ1) is 14.6. The van der Waals surface area contributed by atoms with E-state index in [-0.39, 0.29) is 12.2 Å². The number of benzene rings is 1. The minimum atomic E-state index is -3.20. The summed E-state index contributed by atoms with van der Waals surface area (Å²) < 4.78 is 26.1. The lowest BCUT2D eigenvalue weighted by Gasteiger charge is -2.30. The van der Waals surface area contributed by atoms with E-state index in [0.717, 1.165) is 39.5 Å². The van der Waals surface area contributed by atoms with Gasteiger partial charge in [-0.2, -0.15) is 0 Å². The zero-order valence-corrected chi connectivity index (χ0v) is 17.6. The van der Waals surface area contributed by atoms with Crippen molar-refractivity contribution in [1.82, 2.24) is 5.32 Å². The molecule has 5 nitrogen and oxygen atoms in total. The van der Waals surface area contributed by atoms with Crippen LogP contribution in [0.15, 0.2) is 24.3 Å². The van der Waals surface area contributed by atoms with E-state index in [2.05, 4.69) is 29.0 Å². The van der Waals surface area contributed by atoms with Gasteiger partial charge in [0.15, 0.2) is 5.78 Å². The molecule has 1 amide bonds. The van der Waals surface area contributed by atoms with E-state index in [1.807, 2.05) is 0 Å². The largest absolute Gasteiger partial charge is 0.396 e. The number of hydrogen-bond acceptors (Lipinski definition) is 4. The van der Waals surface area contributed by atoms with Crippen LogP contribution in [0, 0.1) is 35.5 Å². The molecule has 31 heavy (non-hydrogen) atoms. The average molecular weight is 431 g/mol. The molecule has 0 bridgehead atoms. The molecule has 2 rings (SSSR count). The number of halogens is 2. The molecular formula is C24H27F2NO4. The van der Waals surface area contributed by atoms with E-state index in [0.29, 0.717) is 17.4 Å². The molecule has 1 aromatic rings. The highest BCUT2D eigenvalue weighted by Gasteiger charge is 2.44. The van der Waals surface area contributed by atoms with Crippen LogP contribution < -0.4 is 5.32 Å². The predicted octanol–water partition coefficient (Wildman–Crippen LogP) is 2.54. The zero-order chi connectivity index (χ0) is 23.0. The van der Waals surface area contributed by atoms with E-state index < -0.39 is 29.8 Å². The second kappa shape index (κ2) is 11.0. The van der Waals surface area contributed by atoms with Crippen molar-refractivity contribution in [3.8, 4) is 23.7 Å². The summed E-state index contributed by atoms with van der Waals surface area (Å²) in [5.74, 6) is 10.8. The van der Waals surface area contributed by atoms with E-state index in [4.69, 9.17) is 5.11 Å². The highest BCUT2D eigenvalue weighted by molar-refractivity contribution is 5.98. The third-order valence-electron chi connectivity index (χ3n) is 5.51. The van der Waals surface area contributed by atoms with Crippen molar-refractivity contribution in [2.75, 3.05) is 6.61 Å². The standard InChI is InChI=1S/C24H27F2NO4/c1-16(29)21(24(2,31)23(25)26)27-22(30)20-13-11-18(12-14-20)6-4-3-5-17-7-9-19(15-28)10-8-17/h11-14,17,19,21,23,28,31H,7-10,15H2,1-2H3,(H,27,30)/t17?,19?,21-,24+/m1/s1. The molecule has 1 aliphatic carbocycles. The molecule has 0 aromatic heterocycles. The number of rotatable bonds is 6. The van der Waals surface area contributed by atoms with Crippen molar-refractivity contribution < 1.29 is 28.6 Å². The van der Waals surface area contributed by atoms with Crippen LogP contribution in [0.4, 0.5) is 8.78 Å². The smallest absolute Gasteiger partial charge is 0.269 e. The van der Waals surface area contributed by atoms with Gasteiger partial charge in [-0.05, 0) is 81.6 Å². The second-order valence-corrected chi connectivity index (χ2v) is 8.04. The summed E-state index contributed by atoms with van der Waals surface area (Å²) in [6.45, 7) is 2.07. The number of hydrogen-bond donors (Lipinski definition) is 3. The quantitative estimate of drug-likeness (QED) is 0.605. The molecule has 1 fully saturated rings. The number of nitrogens with one attached hydrogen (secondary N) is 1. The molecule has 0 saturated heterocycles. The Balaban J connectivity index is 1.98. The topological polar surface area (TPSA) is 86.6 Å². The first kappa shape index (κ1) is 24.5. The highest BCUT2D eigenvalue weighted by atomic mass is 19.3. The van der Waals surface area contributed by atoms with Gasteiger partial charge < -0.3 is 15.5 Å². The number of amides is 1. The monoisotopic (exact) mass is 431 g/mol. The van der Waals surface area contributed by atoms with Crippen LogP contribution in [0.5, 0.6) is 0 Å². The zero-order valence-electron chi connectivity index (χ0n) is 17.6. The Labute approximate surface area is 181 Å². The summed E-state index contributed by atoms with van der Waals surface area (Å²) in [5.41, 5.74) is -1.91. The van der Waals surface area contributed by atoms with Gasteiger partial charge in [-0.15, -0.1) is 0 Å². The van der Waals surface area contributed by atoms with Gasteiger partial charge in [0.05, 0.1) is 0 Å². The summed E-state index contributed by atoms with van der Waals surface area (Å²) in [4.78, 5) is 24.0. The molecule has 0 aliphatic heterocycles. The number of Topliss-reactive ketones (excluding diaryl/α,β-unsaturated/α-hetero) is 1. The van der Waals surface area contributed by atoms with E-state index in [9.17, 15) is 23.5 Å². The molecule has 166 valence electrons. The summed E-state index contributed by atoms with van der Waals surface area (Å²) >= 11 is 0. The van der Waals surface area contributed by atoms with E-state index in [1.54, 1.807) is 12.1 Å². The summed E-state index contributed by atoms with van der Waals surface area (Å²) in [6, 6.07) is 4.35. The van der Waals surface area contributed by atoms with Gasteiger partial charge in [-0.1, -0.05) is 11.8 Å². The number of carbonyl (C=O) groups excluding carboxylic acids is 2. The molecule has 7 heteroatoms. The molecule has 0 unspecified atom stereocenters. The first-order valence-corrected chi connectivity index (χ1v) is 10.2. The van der Waals surface area contributed by atoms with Crippen LogP contribution in [0.1, 0.15) is 55.5 Å². The van der Waals surface area contributed by atoms with Crippen molar-refractivity contribution in [3.63, 3.8) is 0 Å². The fourth-order valence-corrected chi connectivity index (χ4v) is 3.44. The minimum absolute atomic E-state index is 0.147. The molecule has 1 saturated carbocycles. The number of ketones is 1. The van der Waals surface area contributed by atoms with Crippen LogP contribution in [0.25, 0.3) is 0 Å². The van der Waals surface area contributed by atoms with Crippen molar-refractivity contribution >= 4 is 11.7 Å². The Bertz CT molecular complexity index is 895. The Kier molecular flexibility index (Phi) is 8.74. The third-order valence-corrected chi connectivity index (χ3v) is 5.51. The second-order valence-electron chi connectivity index (χ2n) is 8.04. The van der Waals surface area contributed by atoms with Crippen LogP contribution >= 0.6 is 0 Å². The molecule has 0 spiro atoms. The highest BCUT2D eigenvalue weighted by Crippen LogP contribution is 2.27. The third kappa shape index (κ3) is 6.89. The number of aliphatic hydroxyl groups excluding tert-OH is 1. The van der Waals surface area contributed by atoms with E-state index in [1.165, 1.54) is 12.1 Å². The van der Waals surface area contributed by atoms with Crippen molar-refractivity contribution in [2.24, 2.45) is 11.8 Å². The van der Waals surface area contributed by atoms with Crippen molar-refractivity contribution in [2.45, 2.75) is 57.6 Å².